The van der Waals surface area contributed by atoms with E-state index in [1.807, 2.05) is 54.6 Å². The van der Waals surface area contributed by atoms with Crippen LogP contribution in [-0.4, -0.2) is 12.6 Å². The molecule has 0 spiro atoms. The third-order valence-corrected chi connectivity index (χ3v) is 4.49. The van der Waals surface area contributed by atoms with Crippen molar-refractivity contribution >= 4 is 17.1 Å². The molecule has 0 aliphatic rings. The number of nitrogens with zero attached hydrogens (tertiary/aromatic N) is 1. The maximum atomic E-state index is 12.8. The molecule has 2 rings (SSSR count). The lowest BCUT2D eigenvalue weighted by molar-refractivity contribution is -0.136. The molecule has 0 saturated carbocycles. The lowest BCUT2D eigenvalue weighted by Gasteiger charge is -2.15. The first-order valence-electron chi connectivity index (χ1n) is 9.68. The summed E-state index contributed by atoms with van der Waals surface area (Å²) in [6.45, 7) is 4.24. The van der Waals surface area contributed by atoms with E-state index >= 15 is 0 Å². The van der Waals surface area contributed by atoms with Gasteiger partial charge in [0.2, 0.25) is 0 Å². The van der Waals surface area contributed by atoms with Crippen LogP contribution in [0.25, 0.3) is 11.1 Å². The average Bonchev–Trinajstić information content (AvgIpc) is 2.70. The van der Waals surface area contributed by atoms with E-state index in [1.165, 1.54) is 12.8 Å². The summed E-state index contributed by atoms with van der Waals surface area (Å²) < 4.78 is 5.31. The molecule has 0 radical (unpaired) electrons. The molecule has 0 atom stereocenters. The van der Waals surface area contributed by atoms with Crippen LogP contribution in [0.3, 0.4) is 0 Å². The first-order chi connectivity index (χ1) is 13.2. The van der Waals surface area contributed by atoms with E-state index in [-0.39, 0.29) is 6.61 Å². The van der Waals surface area contributed by atoms with Gasteiger partial charge in [-0.15, -0.1) is 0 Å². The zero-order valence-corrected chi connectivity index (χ0v) is 16.2. The predicted molar refractivity (Wildman–Crippen MR) is 110 cm³/mol. The number of hydrogen-bond acceptors (Lipinski definition) is 3. The Bertz CT molecular complexity index is 816. The van der Waals surface area contributed by atoms with Crippen LogP contribution < -0.4 is 0 Å². The van der Waals surface area contributed by atoms with Gasteiger partial charge in [-0.25, -0.2) is 4.79 Å². The Labute approximate surface area is 162 Å². The molecule has 0 unspecified atom stereocenters. The van der Waals surface area contributed by atoms with Crippen molar-refractivity contribution in [3.05, 3.63) is 71.3 Å². The first-order valence-corrected chi connectivity index (χ1v) is 9.68. The number of carbonyl (C=O) groups is 1. The minimum Gasteiger partial charge on any atom is -0.462 e. The molecule has 0 aliphatic heterocycles. The Morgan fingerprint density at radius 2 is 1.67 bits per heavy atom. The number of ether oxygens (including phenoxy) is 1. The largest absolute Gasteiger partial charge is 0.462 e. The first kappa shape index (κ1) is 20.5. The van der Waals surface area contributed by atoms with E-state index < -0.39 is 5.97 Å². The van der Waals surface area contributed by atoms with Gasteiger partial charge in [-0.2, -0.15) is 5.26 Å². The molecule has 0 saturated heterocycles. The second kappa shape index (κ2) is 11.0. The molecule has 0 N–H and O–H groups in total. The highest BCUT2D eigenvalue weighted by molar-refractivity contribution is 6.26. The number of aryl methyl sites for hydroxylation is 1. The molecule has 2 aromatic carbocycles. The van der Waals surface area contributed by atoms with Gasteiger partial charge in [-0.1, -0.05) is 80.8 Å². The summed E-state index contributed by atoms with van der Waals surface area (Å²) in [6, 6.07) is 19.4. The topological polar surface area (TPSA) is 50.1 Å². The van der Waals surface area contributed by atoms with Crippen LogP contribution in [0.2, 0.25) is 0 Å². The molecule has 27 heavy (non-hydrogen) atoms. The maximum Gasteiger partial charge on any atom is 0.340 e. The number of rotatable bonds is 9. The minimum absolute atomic E-state index is 0.272. The van der Waals surface area contributed by atoms with E-state index in [0.717, 1.165) is 36.0 Å². The SMILES string of the molecule is CCCCCCc1ccccc1C(C(=O)OCC)=C(C#N)c1ccccc1. The summed E-state index contributed by atoms with van der Waals surface area (Å²) in [5, 5.41) is 9.85. The van der Waals surface area contributed by atoms with Gasteiger partial charge >= 0.3 is 5.97 Å². The highest BCUT2D eigenvalue weighted by Crippen LogP contribution is 2.30. The van der Waals surface area contributed by atoms with Gasteiger partial charge < -0.3 is 4.74 Å². The lowest BCUT2D eigenvalue weighted by Crippen LogP contribution is -2.11. The minimum atomic E-state index is -0.445. The van der Waals surface area contributed by atoms with Crippen LogP contribution in [0.5, 0.6) is 0 Å². The Morgan fingerprint density at radius 1 is 0.963 bits per heavy atom. The molecule has 0 bridgehead atoms. The van der Waals surface area contributed by atoms with Crippen molar-refractivity contribution in [2.45, 2.75) is 46.0 Å². The van der Waals surface area contributed by atoms with Crippen molar-refractivity contribution in [3.8, 4) is 6.07 Å². The Hall–Kier alpha value is -2.86. The Balaban J connectivity index is 2.54. The van der Waals surface area contributed by atoms with Gasteiger partial charge in [0.15, 0.2) is 0 Å². The molecule has 140 valence electrons. The van der Waals surface area contributed by atoms with E-state index in [4.69, 9.17) is 4.74 Å². The number of allylic oxidation sites excluding steroid dienone is 1. The number of carbonyl (C=O) groups excluding carboxylic acids is 1. The standard InChI is InChI=1S/C24H27NO2/c1-3-5-6-8-13-19-16-11-12-17-21(19)23(24(26)27-4-2)22(18-25)20-14-9-7-10-15-20/h7,9-12,14-17H,3-6,8,13H2,1-2H3. The fourth-order valence-electron chi connectivity index (χ4n) is 3.14. The van der Waals surface area contributed by atoms with Gasteiger partial charge in [-0.3, -0.25) is 0 Å². The number of esters is 1. The number of unbranched alkanes of at least 4 members (excludes halogenated alkanes) is 3. The van der Waals surface area contributed by atoms with Crippen molar-refractivity contribution < 1.29 is 9.53 Å². The summed E-state index contributed by atoms with van der Waals surface area (Å²) >= 11 is 0. The molecule has 0 fully saturated rings. The van der Waals surface area contributed by atoms with Crippen molar-refractivity contribution in [2.24, 2.45) is 0 Å². The highest BCUT2D eigenvalue weighted by Gasteiger charge is 2.22. The van der Waals surface area contributed by atoms with E-state index in [0.29, 0.717) is 11.1 Å². The van der Waals surface area contributed by atoms with Crippen LogP contribution in [0.1, 0.15) is 56.2 Å². The molecule has 0 amide bonds. The quantitative estimate of drug-likeness (QED) is 0.186. The van der Waals surface area contributed by atoms with E-state index in [9.17, 15) is 10.1 Å². The monoisotopic (exact) mass is 361 g/mol. The molecular formula is C24H27NO2. The fourth-order valence-corrected chi connectivity index (χ4v) is 3.14. The van der Waals surface area contributed by atoms with Crippen molar-refractivity contribution in [1.29, 1.82) is 5.26 Å². The second-order valence-corrected chi connectivity index (χ2v) is 6.42. The van der Waals surface area contributed by atoms with Gasteiger partial charge in [0, 0.05) is 0 Å². The molecule has 3 nitrogen and oxygen atoms in total. The van der Waals surface area contributed by atoms with Crippen molar-refractivity contribution in [1.82, 2.24) is 0 Å². The van der Waals surface area contributed by atoms with Crippen LogP contribution in [-0.2, 0) is 16.0 Å². The predicted octanol–water partition coefficient (Wildman–Crippen LogP) is 5.81. The van der Waals surface area contributed by atoms with Gasteiger partial charge in [-0.05, 0) is 36.5 Å². The van der Waals surface area contributed by atoms with Crippen molar-refractivity contribution in [2.75, 3.05) is 6.61 Å². The normalized spacial score (nSPS) is 11.4. The zero-order chi connectivity index (χ0) is 19.5. The highest BCUT2D eigenvalue weighted by atomic mass is 16.5. The number of nitriles is 1. The lowest BCUT2D eigenvalue weighted by atomic mass is 9.90. The maximum absolute atomic E-state index is 12.8. The van der Waals surface area contributed by atoms with Crippen LogP contribution >= 0.6 is 0 Å². The molecule has 0 heterocycles. The molecule has 0 aliphatic carbocycles. The molecular weight excluding hydrogens is 334 g/mol. The third-order valence-electron chi connectivity index (χ3n) is 4.49. The van der Waals surface area contributed by atoms with Crippen molar-refractivity contribution in [3.63, 3.8) is 0 Å². The van der Waals surface area contributed by atoms with E-state index in [2.05, 4.69) is 13.0 Å². The number of benzene rings is 2. The number of hydrogen-bond donors (Lipinski definition) is 0. The van der Waals surface area contributed by atoms with Gasteiger partial charge in [0.1, 0.15) is 6.07 Å². The summed E-state index contributed by atoms with van der Waals surface area (Å²) in [5.74, 6) is -0.445. The van der Waals surface area contributed by atoms with E-state index in [1.54, 1.807) is 6.92 Å². The van der Waals surface area contributed by atoms with Crippen LogP contribution in [0, 0.1) is 11.3 Å². The van der Waals surface area contributed by atoms with Gasteiger partial charge in [0.25, 0.3) is 0 Å². The Kier molecular flexibility index (Phi) is 8.32. The zero-order valence-electron chi connectivity index (χ0n) is 16.2. The average molecular weight is 361 g/mol. The van der Waals surface area contributed by atoms with Gasteiger partial charge in [0.05, 0.1) is 17.8 Å². The van der Waals surface area contributed by atoms with Crippen LogP contribution in [0.15, 0.2) is 54.6 Å². The second-order valence-electron chi connectivity index (χ2n) is 6.42. The fraction of sp³-hybridized carbons (Fsp3) is 0.333. The third kappa shape index (κ3) is 5.56. The smallest absolute Gasteiger partial charge is 0.340 e. The summed E-state index contributed by atoms with van der Waals surface area (Å²) in [5.41, 5.74) is 3.32. The summed E-state index contributed by atoms with van der Waals surface area (Å²) in [4.78, 5) is 12.8. The summed E-state index contributed by atoms with van der Waals surface area (Å²) in [7, 11) is 0. The molecule has 2 aromatic rings. The summed E-state index contributed by atoms with van der Waals surface area (Å²) in [6.07, 6.45) is 5.49. The Morgan fingerprint density at radius 3 is 2.33 bits per heavy atom. The molecule has 3 heteroatoms. The molecule has 0 aromatic heterocycles. The van der Waals surface area contributed by atoms with Crippen LogP contribution in [0.4, 0.5) is 0 Å².